The van der Waals surface area contributed by atoms with Crippen molar-refractivity contribution in [1.29, 1.82) is 0 Å². The Hall–Kier alpha value is -4.91. The van der Waals surface area contributed by atoms with Gasteiger partial charge in [-0.05, 0) is 67.1 Å². The van der Waals surface area contributed by atoms with Gasteiger partial charge in [0.1, 0.15) is 0 Å². The van der Waals surface area contributed by atoms with Gasteiger partial charge in [0.2, 0.25) is 5.91 Å². The van der Waals surface area contributed by atoms with Crippen LogP contribution in [0.25, 0.3) is 0 Å². The fraction of sp³-hybridized carbons (Fsp3) is 0.129. The van der Waals surface area contributed by atoms with Crippen molar-refractivity contribution in [3.8, 4) is 0 Å². The number of rotatable bonds is 10. The molecule has 0 aliphatic carbocycles. The molecule has 0 aliphatic heterocycles. The zero-order chi connectivity index (χ0) is 26.7. The standard InChI is InChI=1S/C31H30N4O3/c1-2-35(28-14-7-4-8-15-28)31(38)24-16-18-26(19-17-24)34-29(36)22-32-27-13-9-12-25(20-27)30(37)33-21-23-10-5-3-6-11-23/h3-20,32H,2,21-22H2,1H3,(H,33,37)(H,34,36). The number of amides is 3. The molecule has 4 aromatic carbocycles. The molecule has 7 nitrogen and oxygen atoms in total. The number of carbonyl (C=O) groups excluding carboxylic acids is 3. The van der Waals surface area contributed by atoms with Crippen LogP contribution in [0.4, 0.5) is 17.1 Å². The van der Waals surface area contributed by atoms with Gasteiger partial charge in [-0.1, -0.05) is 54.6 Å². The first kappa shape index (κ1) is 26.2. The summed E-state index contributed by atoms with van der Waals surface area (Å²) in [6, 6.07) is 33.0. The van der Waals surface area contributed by atoms with E-state index in [1.54, 1.807) is 53.4 Å². The highest BCUT2D eigenvalue weighted by Crippen LogP contribution is 2.18. The number of para-hydroxylation sites is 1. The largest absolute Gasteiger partial charge is 0.376 e. The molecule has 0 saturated carbocycles. The van der Waals surface area contributed by atoms with Gasteiger partial charge in [0.05, 0.1) is 6.54 Å². The lowest BCUT2D eigenvalue weighted by Gasteiger charge is -2.21. The summed E-state index contributed by atoms with van der Waals surface area (Å²) in [5, 5.41) is 8.77. The lowest BCUT2D eigenvalue weighted by Crippen LogP contribution is -2.30. The topological polar surface area (TPSA) is 90.5 Å². The molecule has 0 aliphatic rings. The van der Waals surface area contributed by atoms with E-state index in [1.807, 2.05) is 67.6 Å². The highest BCUT2D eigenvalue weighted by molar-refractivity contribution is 6.06. The maximum absolute atomic E-state index is 13.0. The molecule has 0 fully saturated rings. The predicted molar refractivity (Wildman–Crippen MR) is 151 cm³/mol. The van der Waals surface area contributed by atoms with Gasteiger partial charge in [0.25, 0.3) is 11.8 Å². The summed E-state index contributed by atoms with van der Waals surface area (Å²) in [5.41, 5.74) is 4.14. The van der Waals surface area contributed by atoms with E-state index in [2.05, 4.69) is 16.0 Å². The Morgan fingerprint density at radius 2 is 1.39 bits per heavy atom. The minimum Gasteiger partial charge on any atom is -0.376 e. The smallest absolute Gasteiger partial charge is 0.258 e. The molecule has 38 heavy (non-hydrogen) atoms. The average molecular weight is 507 g/mol. The number of nitrogens with one attached hydrogen (secondary N) is 3. The van der Waals surface area contributed by atoms with E-state index >= 15 is 0 Å². The summed E-state index contributed by atoms with van der Waals surface area (Å²) in [5.74, 6) is -0.543. The first-order valence-electron chi connectivity index (χ1n) is 12.5. The van der Waals surface area contributed by atoms with Crippen LogP contribution in [0.15, 0.2) is 109 Å². The third-order valence-corrected chi connectivity index (χ3v) is 5.92. The normalized spacial score (nSPS) is 10.3. The van der Waals surface area contributed by atoms with E-state index in [-0.39, 0.29) is 24.3 Å². The maximum atomic E-state index is 13.0. The Balaban J connectivity index is 1.28. The Kier molecular flexibility index (Phi) is 8.86. The number of anilines is 3. The van der Waals surface area contributed by atoms with Crippen LogP contribution in [0.3, 0.4) is 0 Å². The Labute approximate surface area is 222 Å². The van der Waals surface area contributed by atoms with Crippen molar-refractivity contribution in [2.75, 3.05) is 28.6 Å². The van der Waals surface area contributed by atoms with E-state index in [0.717, 1.165) is 11.3 Å². The van der Waals surface area contributed by atoms with Crippen LogP contribution in [0.5, 0.6) is 0 Å². The number of hydrogen-bond donors (Lipinski definition) is 3. The van der Waals surface area contributed by atoms with E-state index < -0.39 is 0 Å². The van der Waals surface area contributed by atoms with Gasteiger partial charge in [-0.2, -0.15) is 0 Å². The molecule has 0 saturated heterocycles. The monoisotopic (exact) mass is 506 g/mol. The fourth-order valence-electron chi connectivity index (χ4n) is 3.94. The van der Waals surface area contributed by atoms with Crippen molar-refractivity contribution in [2.24, 2.45) is 0 Å². The molecular weight excluding hydrogens is 476 g/mol. The number of hydrogen-bond acceptors (Lipinski definition) is 4. The van der Waals surface area contributed by atoms with E-state index in [4.69, 9.17) is 0 Å². The van der Waals surface area contributed by atoms with Crippen molar-refractivity contribution in [2.45, 2.75) is 13.5 Å². The molecule has 192 valence electrons. The maximum Gasteiger partial charge on any atom is 0.258 e. The SMILES string of the molecule is CCN(C(=O)c1ccc(NC(=O)CNc2cccc(C(=O)NCc3ccccc3)c2)cc1)c1ccccc1. The molecule has 0 aromatic heterocycles. The van der Waals surface area contributed by atoms with Crippen molar-refractivity contribution in [1.82, 2.24) is 5.32 Å². The molecule has 0 heterocycles. The molecule has 0 atom stereocenters. The molecule has 3 amide bonds. The molecule has 4 aromatic rings. The van der Waals surface area contributed by atoms with Gasteiger partial charge >= 0.3 is 0 Å². The fourth-order valence-corrected chi connectivity index (χ4v) is 3.94. The average Bonchev–Trinajstić information content (AvgIpc) is 2.97. The molecule has 0 radical (unpaired) electrons. The van der Waals surface area contributed by atoms with E-state index in [1.165, 1.54) is 0 Å². The van der Waals surface area contributed by atoms with Crippen LogP contribution < -0.4 is 20.9 Å². The second kappa shape index (κ2) is 12.9. The van der Waals surface area contributed by atoms with Crippen molar-refractivity contribution in [3.05, 3.63) is 126 Å². The first-order chi connectivity index (χ1) is 18.5. The third kappa shape index (κ3) is 7.07. The van der Waals surface area contributed by atoms with Crippen LogP contribution in [-0.2, 0) is 11.3 Å². The Bertz CT molecular complexity index is 1370. The number of benzene rings is 4. The molecule has 0 bridgehead atoms. The highest BCUT2D eigenvalue weighted by atomic mass is 16.2. The molecular formula is C31H30N4O3. The van der Waals surface area contributed by atoms with Crippen LogP contribution in [0, 0.1) is 0 Å². The van der Waals surface area contributed by atoms with Gasteiger partial charge in [-0.15, -0.1) is 0 Å². The first-order valence-corrected chi connectivity index (χ1v) is 12.5. The van der Waals surface area contributed by atoms with E-state index in [9.17, 15) is 14.4 Å². The second-order valence-corrected chi connectivity index (χ2v) is 8.61. The predicted octanol–water partition coefficient (Wildman–Crippen LogP) is 5.33. The summed E-state index contributed by atoms with van der Waals surface area (Å²) in [6.07, 6.45) is 0. The van der Waals surface area contributed by atoms with Crippen LogP contribution in [-0.4, -0.2) is 30.8 Å². The van der Waals surface area contributed by atoms with Crippen molar-refractivity contribution in [3.63, 3.8) is 0 Å². The summed E-state index contributed by atoms with van der Waals surface area (Å²) in [7, 11) is 0. The van der Waals surface area contributed by atoms with Crippen molar-refractivity contribution >= 4 is 34.8 Å². The lowest BCUT2D eigenvalue weighted by atomic mass is 10.1. The van der Waals surface area contributed by atoms with Gasteiger partial charge in [-0.3, -0.25) is 14.4 Å². The van der Waals surface area contributed by atoms with Gasteiger partial charge in [-0.25, -0.2) is 0 Å². The molecule has 3 N–H and O–H groups in total. The van der Waals surface area contributed by atoms with Crippen molar-refractivity contribution < 1.29 is 14.4 Å². The third-order valence-electron chi connectivity index (χ3n) is 5.92. The summed E-state index contributed by atoms with van der Waals surface area (Å²) in [4.78, 5) is 39.7. The quantitative estimate of drug-likeness (QED) is 0.271. The molecule has 4 rings (SSSR count). The molecule has 0 unspecified atom stereocenters. The minimum absolute atomic E-state index is 0.0212. The number of nitrogens with zero attached hydrogens (tertiary/aromatic N) is 1. The van der Waals surface area contributed by atoms with Crippen LogP contribution >= 0.6 is 0 Å². The van der Waals surface area contributed by atoms with Crippen LogP contribution in [0.2, 0.25) is 0 Å². The van der Waals surface area contributed by atoms with Crippen LogP contribution in [0.1, 0.15) is 33.2 Å². The number of carbonyl (C=O) groups is 3. The Morgan fingerprint density at radius 3 is 2.08 bits per heavy atom. The van der Waals surface area contributed by atoms with Gasteiger partial charge in [0.15, 0.2) is 0 Å². The lowest BCUT2D eigenvalue weighted by molar-refractivity contribution is -0.114. The van der Waals surface area contributed by atoms with Gasteiger partial charge in [0, 0.05) is 41.3 Å². The zero-order valence-electron chi connectivity index (χ0n) is 21.2. The van der Waals surface area contributed by atoms with Gasteiger partial charge < -0.3 is 20.9 Å². The summed E-state index contributed by atoms with van der Waals surface area (Å²) >= 11 is 0. The highest BCUT2D eigenvalue weighted by Gasteiger charge is 2.16. The van der Waals surface area contributed by atoms with E-state index in [0.29, 0.717) is 35.6 Å². The minimum atomic E-state index is -0.248. The zero-order valence-corrected chi connectivity index (χ0v) is 21.2. The Morgan fingerprint density at radius 1 is 0.711 bits per heavy atom. The summed E-state index contributed by atoms with van der Waals surface area (Å²) in [6.45, 7) is 2.93. The molecule has 0 spiro atoms. The molecule has 7 heteroatoms. The second-order valence-electron chi connectivity index (χ2n) is 8.61. The summed E-state index contributed by atoms with van der Waals surface area (Å²) < 4.78 is 0.